The van der Waals surface area contributed by atoms with E-state index in [-0.39, 0.29) is 12.3 Å². The smallest absolute Gasteiger partial charge is 0.328 e. The third-order valence-corrected chi connectivity index (χ3v) is 4.84. The third-order valence-electron chi connectivity index (χ3n) is 4.84. The van der Waals surface area contributed by atoms with Crippen LogP contribution in [-0.4, -0.2) is 75.9 Å². The van der Waals surface area contributed by atoms with Gasteiger partial charge in [-0.3, -0.25) is 14.4 Å². The highest BCUT2D eigenvalue weighted by Crippen LogP contribution is 2.07. The van der Waals surface area contributed by atoms with Crippen molar-refractivity contribution in [2.24, 2.45) is 11.7 Å². The van der Waals surface area contributed by atoms with Gasteiger partial charge in [0.25, 0.3) is 0 Å². The Labute approximate surface area is 192 Å². The van der Waals surface area contributed by atoms with Crippen LogP contribution >= 0.6 is 0 Å². The molecule has 0 saturated carbocycles. The summed E-state index contributed by atoms with van der Waals surface area (Å²) >= 11 is 0. The maximum Gasteiger partial charge on any atom is 0.328 e. The van der Waals surface area contributed by atoms with Crippen molar-refractivity contribution in [2.75, 3.05) is 6.61 Å². The van der Waals surface area contributed by atoms with Gasteiger partial charge in [0.05, 0.1) is 18.8 Å². The fraction of sp³-hybridized carbons (Fsp3) is 0.545. The van der Waals surface area contributed by atoms with Crippen LogP contribution in [0.1, 0.15) is 32.8 Å². The number of aliphatic carboxylic acids is 1. The van der Waals surface area contributed by atoms with Gasteiger partial charge >= 0.3 is 5.97 Å². The average Bonchev–Trinajstić information content (AvgIpc) is 2.74. The molecule has 1 rings (SSSR count). The van der Waals surface area contributed by atoms with Gasteiger partial charge in [-0.1, -0.05) is 44.2 Å². The van der Waals surface area contributed by atoms with Crippen molar-refractivity contribution < 1.29 is 34.5 Å². The summed E-state index contributed by atoms with van der Waals surface area (Å²) in [5.41, 5.74) is 6.66. The Kier molecular flexibility index (Phi) is 11.5. The monoisotopic (exact) mass is 466 g/mol. The topological polar surface area (TPSA) is 191 Å². The van der Waals surface area contributed by atoms with Crippen molar-refractivity contribution in [2.45, 2.75) is 63.9 Å². The summed E-state index contributed by atoms with van der Waals surface area (Å²) in [6.07, 6.45) is -0.907. The van der Waals surface area contributed by atoms with Crippen LogP contribution in [0.25, 0.3) is 0 Å². The second kappa shape index (κ2) is 13.5. The van der Waals surface area contributed by atoms with Crippen LogP contribution in [0.3, 0.4) is 0 Å². The van der Waals surface area contributed by atoms with Gasteiger partial charge in [0, 0.05) is 6.42 Å². The van der Waals surface area contributed by atoms with Gasteiger partial charge in [0.15, 0.2) is 6.04 Å². The molecule has 0 bridgehead atoms. The van der Waals surface area contributed by atoms with Crippen LogP contribution in [0.4, 0.5) is 0 Å². The Morgan fingerprint density at radius 1 is 0.909 bits per heavy atom. The lowest BCUT2D eigenvalue weighted by Crippen LogP contribution is -2.59. The van der Waals surface area contributed by atoms with E-state index in [2.05, 4.69) is 16.0 Å². The summed E-state index contributed by atoms with van der Waals surface area (Å²) in [5, 5.41) is 35.2. The van der Waals surface area contributed by atoms with E-state index in [1.165, 1.54) is 6.92 Å². The van der Waals surface area contributed by atoms with E-state index >= 15 is 0 Å². The van der Waals surface area contributed by atoms with Crippen molar-refractivity contribution in [3.8, 4) is 0 Å². The quantitative estimate of drug-likeness (QED) is 0.183. The number of nitrogens with one attached hydrogen (secondary N) is 3. The molecule has 1 aromatic rings. The zero-order valence-corrected chi connectivity index (χ0v) is 19.0. The Balaban J connectivity index is 2.98. The second-order valence-electron chi connectivity index (χ2n) is 8.30. The first-order valence-electron chi connectivity index (χ1n) is 10.7. The first kappa shape index (κ1) is 28.0. The zero-order valence-electron chi connectivity index (χ0n) is 19.0. The van der Waals surface area contributed by atoms with E-state index in [4.69, 9.17) is 10.8 Å². The van der Waals surface area contributed by atoms with Crippen molar-refractivity contribution >= 4 is 23.7 Å². The Bertz CT molecular complexity index is 801. The summed E-state index contributed by atoms with van der Waals surface area (Å²) in [7, 11) is 0. The van der Waals surface area contributed by atoms with Gasteiger partial charge in [-0.2, -0.15) is 0 Å². The molecule has 0 heterocycles. The standard InChI is InChI=1S/C22H34N4O7/c1-12(2)9-15(23)19(29)24-16(10-14-7-5-4-6-8-14)20(30)25-17(11-27)21(31)26-18(13(3)28)22(32)33/h4-8,12-13,15-18,27-28H,9-11,23H2,1-3H3,(H,24,29)(H,25,30)(H,26,31)(H,32,33). The predicted molar refractivity (Wildman–Crippen MR) is 120 cm³/mol. The summed E-state index contributed by atoms with van der Waals surface area (Å²) in [5.74, 6) is -3.62. The fourth-order valence-corrected chi connectivity index (χ4v) is 3.06. The summed E-state index contributed by atoms with van der Waals surface area (Å²) < 4.78 is 0. The number of rotatable bonds is 13. The number of hydrogen-bond donors (Lipinski definition) is 7. The maximum absolute atomic E-state index is 12.9. The highest BCUT2D eigenvalue weighted by Gasteiger charge is 2.31. The molecule has 0 aliphatic rings. The molecule has 33 heavy (non-hydrogen) atoms. The Hall–Kier alpha value is -3.02. The van der Waals surface area contributed by atoms with Crippen LogP contribution in [0.5, 0.6) is 0 Å². The zero-order chi connectivity index (χ0) is 25.1. The van der Waals surface area contributed by atoms with Gasteiger partial charge < -0.3 is 37.0 Å². The van der Waals surface area contributed by atoms with E-state index in [0.717, 1.165) is 5.56 Å². The molecule has 0 fully saturated rings. The molecule has 0 aliphatic heterocycles. The minimum Gasteiger partial charge on any atom is -0.480 e. The fourth-order valence-electron chi connectivity index (χ4n) is 3.06. The summed E-state index contributed by atoms with van der Waals surface area (Å²) in [6, 6.07) is 3.78. The lowest BCUT2D eigenvalue weighted by Gasteiger charge is -2.25. The number of carbonyl (C=O) groups excluding carboxylic acids is 3. The lowest BCUT2D eigenvalue weighted by atomic mass is 10.0. The van der Waals surface area contributed by atoms with Crippen LogP contribution in [0, 0.1) is 5.92 Å². The summed E-state index contributed by atoms with van der Waals surface area (Å²) in [4.78, 5) is 49.1. The van der Waals surface area contributed by atoms with E-state index in [0.29, 0.717) is 6.42 Å². The van der Waals surface area contributed by atoms with Crippen LogP contribution in [0.2, 0.25) is 0 Å². The minimum atomic E-state index is -1.63. The molecule has 11 nitrogen and oxygen atoms in total. The van der Waals surface area contributed by atoms with E-state index in [1.807, 2.05) is 13.8 Å². The Morgan fingerprint density at radius 3 is 1.94 bits per heavy atom. The van der Waals surface area contributed by atoms with Gasteiger partial charge in [-0.05, 0) is 24.8 Å². The first-order chi connectivity index (χ1) is 15.5. The molecule has 0 aromatic heterocycles. The normalized spacial score (nSPS) is 15.6. The lowest BCUT2D eigenvalue weighted by molar-refractivity contribution is -0.145. The SMILES string of the molecule is CC(C)CC(N)C(=O)NC(Cc1ccccc1)C(=O)NC(CO)C(=O)NC(C(=O)O)C(C)O. The predicted octanol–water partition coefficient (Wildman–Crippen LogP) is -1.49. The largest absolute Gasteiger partial charge is 0.480 e. The van der Waals surface area contributed by atoms with Crippen LogP contribution in [0.15, 0.2) is 30.3 Å². The number of amides is 3. The van der Waals surface area contributed by atoms with Crippen LogP contribution in [-0.2, 0) is 25.6 Å². The highest BCUT2D eigenvalue weighted by atomic mass is 16.4. The number of carbonyl (C=O) groups is 4. The number of carboxylic acid groups (broad SMARTS) is 1. The molecular formula is C22H34N4O7. The highest BCUT2D eigenvalue weighted by molar-refractivity contribution is 5.94. The van der Waals surface area contributed by atoms with Crippen molar-refractivity contribution in [3.63, 3.8) is 0 Å². The second-order valence-corrected chi connectivity index (χ2v) is 8.30. The van der Waals surface area contributed by atoms with Crippen LogP contribution < -0.4 is 21.7 Å². The molecule has 5 atom stereocenters. The minimum absolute atomic E-state index is 0.0952. The molecule has 0 saturated heterocycles. The number of hydrogen-bond acceptors (Lipinski definition) is 7. The number of nitrogens with two attached hydrogens (primary N) is 1. The van der Waals surface area contributed by atoms with E-state index in [1.54, 1.807) is 30.3 Å². The molecule has 8 N–H and O–H groups in total. The third kappa shape index (κ3) is 9.56. The number of aliphatic hydroxyl groups excluding tert-OH is 2. The van der Waals surface area contributed by atoms with E-state index in [9.17, 15) is 29.4 Å². The number of benzene rings is 1. The number of aliphatic hydroxyl groups is 2. The van der Waals surface area contributed by atoms with Gasteiger partial charge in [0.1, 0.15) is 12.1 Å². The molecule has 0 spiro atoms. The maximum atomic E-state index is 12.9. The molecule has 0 radical (unpaired) electrons. The Morgan fingerprint density at radius 2 is 1.45 bits per heavy atom. The first-order valence-corrected chi connectivity index (χ1v) is 10.7. The van der Waals surface area contributed by atoms with Gasteiger partial charge in [-0.25, -0.2) is 4.79 Å². The van der Waals surface area contributed by atoms with E-state index < -0.39 is 60.6 Å². The molecule has 184 valence electrons. The van der Waals surface area contributed by atoms with Crippen molar-refractivity contribution in [3.05, 3.63) is 35.9 Å². The molecule has 0 aliphatic carbocycles. The van der Waals surface area contributed by atoms with Crippen molar-refractivity contribution in [1.82, 2.24) is 16.0 Å². The molecule has 11 heteroatoms. The van der Waals surface area contributed by atoms with Gasteiger partial charge in [-0.15, -0.1) is 0 Å². The van der Waals surface area contributed by atoms with Gasteiger partial charge in [0.2, 0.25) is 17.7 Å². The number of carboxylic acids is 1. The molecular weight excluding hydrogens is 432 g/mol. The van der Waals surface area contributed by atoms with Crippen molar-refractivity contribution in [1.29, 1.82) is 0 Å². The molecule has 5 unspecified atom stereocenters. The average molecular weight is 467 g/mol. The molecule has 3 amide bonds. The molecule has 1 aromatic carbocycles. The summed E-state index contributed by atoms with van der Waals surface area (Å²) in [6.45, 7) is 4.16.